The van der Waals surface area contributed by atoms with E-state index in [-0.39, 0.29) is 16.3 Å². The highest BCUT2D eigenvalue weighted by atomic mass is 32.2. The SMILES string of the molecule is COc1cc(NS(=O)(=O)c2ccccc2NC(=O)c2ccncc2)cc(OC)c1OC. The lowest BCUT2D eigenvalue weighted by Crippen LogP contribution is -2.18. The first kappa shape index (κ1) is 21.9. The van der Waals surface area contributed by atoms with E-state index in [4.69, 9.17) is 14.2 Å². The fourth-order valence-electron chi connectivity index (χ4n) is 2.85. The topological polar surface area (TPSA) is 116 Å². The Balaban J connectivity index is 1.94. The van der Waals surface area contributed by atoms with Crippen molar-refractivity contribution < 1.29 is 27.4 Å². The number of pyridine rings is 1. The van der Waals surface area contributed by atoms with Crippen molar-refractivity contribution in [3.05, 3.63) is 66.5 Å². The number of ether oxygens (including phenoxy) is 3. The summed E-state index contributed by atoms with van der Waals surface area (Å²) in [5.41, 5.74) is 0.675. The summed E-state index contributed by atoms with van der Waals surface area (Å²) >= 11 is 0. The second-order valence-corrected chi connectivity index (χ2v) is 7.86. The molecule has 0 aliphatic heterocycles. The highest BCUT2D eigenvalue weighted by Crippen LogP contribution is 2.40. The molecule has 2 N–H and O–H groups in total. The number of para-hydroxylation sites is 1. The molecule has 10 heteroatoms. The van der Waals surface area contributed by atoms with Crippen LogP contribution in [0.15, 0.2) is 65.8 Å². The molecule has 0 bridgehead atoms. The number of sulfonamides is 1. The largest absolute Gasteiger partial charge is 0.493 e. The van der Waals surface area contributed by atoms with E-state index in [1.54, 1.807) is 12.1 Å². The third-order valence-corrected chi connectivity index (χ3v) is 5.72. The van der Waals surface area contributed by atoms with Gasteiger partial charge in [0.15, 0.2) is 11.5 Å². The smallest absolute Gasteiger partial charge is 0.263 e. The van der Waals surface area contributed by atoms with Gasteiger partial charge in [-0.15, -0.1) is 0 Å². The van der Waals surface area contributed by atoms with E-state index in [1.807, 2.05) is 0 Å². The zero-order chi connectivity index (χ0) is 22.4. The van der Waals surface area contributed by atoms with Gasteiger partial charge in [-0.3, -0.25) is 14.5 Å². The van der Waals surface area contributed by atoms with Crippen LogP contribution in [0.4, 0.5) is 11.4 Å². The lowest BCUT2D eigenvalue weighted by Gasteiger charge is -2.16. The summed E-state index contributed by atoms with van der Waals surface area (Å²) in [5, 5.41) is 2.63. The summed E-state index contributed by atoms with van der Waals surface area (Å²) in [7, 11) is 0.240. The van der Waals surface area contributed by atoms with Gasteiger partial charge < -0.3 is 19.5 Å². The molecule has 0 saturated heterocycles. The molecule has 2 aromatic carbocycles. The second kappa shape index (κ2) is 9.35. The van der Waals surface area contributed by atoms with Gasteiger partial charge in [-0.25, -0.2) is 8.42 Å². The zero-order valence-electron chi connectivity index (χ0n) is 17.1. The first-order valence-electron chi connectivity index (χ1n) is 9.03. The minimum absolute atomic E-state index is 0.105. The van der Waals surface area contributed by atoms with E-state index < -0.39 is 15.9 Å². The predicted octanol–water partition coefficient (Wildman–Crippen LogP) is 3.16. The summed E-state index contributed by atoms with van der Waals surface area (Å²) in [5.74, 6) is 0.452. The number of aromatic nitrogens is 1. The van der Waals surface area contributed by atoms with Crippen molar-refractivity contribution >= 4 is 27.3 Å². The summed E-state index contributed by atoms with van der Waals surface area (Å²) in [6.07, 6.45) is 2.95. The molecule has 0 unspecified atom stereocenters. The Hall–Kier alpha value is -3.79. The van der Waals surface area contributed by atoms with Crippen molar-refractivity contribution in [2.45, 2.75) is 4.90 Å². The molecule has 162 valence electrons. The highest BCUT2D eigenvalue weighted by Gasteiger charge is 2.22. The Bertz CT molecular complexity index is 1160. The molecule has 1 heterocycles. The summed E-state index contributed by atoms with van der Waals surface area (Å²) < 4.78 is 44.5. The van der Waals surface area contributed by atoms with E-state index >= 15 is 0 Å². The molecular formula is C21H21N3O6S. The number of anilines is 2. The molecule has 0 spiro atoms. The third-order valence-electron chi connectivity index (χ3n) is 4.28. The lowest BCUT2D eigenvalue weighted by molar-refractivity contribution is 0.102. The van der Waals surface area contributed by atoms with Gasteiger partial charge in [0.2, 0.25) is 5.75 Å². The van der Waals surface area contributed by atoms with Gasteiger partial charge >= 0.3 is 0 Å². The van der Waals surface area contributed by atoms with Gasteiger partial charge in [-0.1, -0.05) is 12.1 Å². The quantitative estimate of drug-likeness (QED) is 0.549. The molecule has 31 heavy (non-hydrogen) atoms. The van der Waals surface area contributed by atoms with Crippen molar-refractivity contribution in [3.8, 4) is 17.2 Å². The average Bonchev–Trinajstić information content (AvgIpc) is 2.78. The minimum atomic E-state index is -4.07. The van der Waals surface area contributed by atoms with Crippen molar-refractivity contribution in [3.63, 3.8) is 0 Å². The number of carbonyl (C=O) groups excluding carboxylic acids is 1. The Morgan fingerprint density at radius 3 is 2.10 bits per heavy atom. The van der Waals surface area contributed by atoms with Gasteiger partial charge in [-0.2, -0.15) is 0 Å². The molecule has 0 radical (unpaired) electrons. The van der Waals surface area contributed by atoms with Crippen LogP contribution in [-0.4, -0.2) is 40.6 Å². The van der Waals surface area contributed by atoms with Crippen molar-refractivity contribution in [1.29, 1.82) is 0 Å². The van der Waals surface area contributed by atoms with E-state index in [9.17, 15) is 13.2 Å². The number of amides is 1. The van der Waals surface area contributed by atoms with Crippen molar-refractivity contribution in [2.24, 2.45) is 0 Å². The van der Waals surface area contributed by atoms with Crippen molar-refractivity contribution in [1.82, 2.24) is 4.98 Å². The Morgan fingerprint density at radius 2 is 1.52 bits per heavy atom. The normalized spacial score (nSPS) is 10.8. The van der Waals surface area contributed by atoms with E-state index in [0.29, 0.717) is 22.8 Å². The van der Waals surface area contributed by atoms with Crippen LogP contribution >= 0.6 is 0 Å². The molecule has 0 fully saturated rings. The summed E-state index contributed by atoms with van der Waals surface area (Å²) in [4.78, 5) is 16.2. The fourth-order valence-corrected chi connectivity index (χ4v) is 4.06. The third kappa shape index (κ3) is 4.86. The van der Waals surface area contributed by atoms with Crippen LogP contribution in [0.25, 0.3) is 0 Å². The van der Waals surface area contributed by atoms with Crippen LogP contribution in [0.1, 0.15) is 10.4 Å². The molecule has 0 saturated carbocycles. The van der Waals surface area contributed by atoms with Crippen LogP contribution in [0.2, 0.25) is 0 Å². The number of rotatable bonds is 8. The lowest BCUT2D eigenvalue weighted by atomic mass is 10.2. The maximum Gasteiger partial charge on any atom is 0.263 e. The fraction of sp³-hybridized carbons (Fsp3) is 0.143. The van der Waals surface area contributed by atoms with E-state index in [0.717, 1.165) is 0 Å². The Labute approximate surface area is 180 Å². The molecule has 1 aromatic heterocycles. The van der Waals surface area contributed by atoms with Gasteiger partial charge in [0, 0.05) is 30.1 Å². The standard InChI is InChI=1S/C21H21N3O6S/c1-28-17-12-15(13-18(29-2)20(17)30-3)24-31(26,27)19-7-5-4-6-16(19)23-21(25)14-8-10-22-11-9-14/h4-13,24H,1-3H3,(H,23,25). The first-order valence-corrected chi connectivity index (χ1v) is 10.5. The van der Waals surface area contributed by atoms with Crippen LogP contribution in [-0.2, 0) is 10.0 Å². The monoisotopic (exact) mass is 443 g/mol. The summed E-state index contributed by atoms with van der Waals surface area (Å²) in [6.45, 7) is 0. The van der Waals surface area contributed by atoms with Gasteiger partial charge in [0.05, 0.1) is 32.7 Å². The number of carbonyl (C=O) groups is 1. The molecule has 3 aromatic rings. The summed E-state index contributed by atoms with van der Waals surface area (Å²) in [6, 6.07) is 12.1. The van der Waals surface area contributed by atoms with E-state index in [2.05, 4.69) is 15.0 Å². The number of hydrogen-bond donors (Lipinski definition) is 2. The maximum atomic E-state index is 13.1. The Kier molecular flexibility index (Phi) is 6.61. The number of nitrogens with one attached hydrogen (secondary N) is 2. The molecular weight excluding hydrogens is 422 g/mol. The van der Waals surface area contributed by atoms with E-state index in [1.165, 1.54) is 70.1 Å². The molecule has 0 atom stereocenters. The molecule has 3 rings (SSSR count). The van der Waals surface area contributed by atoms with Crippen LogP contribution in [0.3, 0.4) is 0 Å². The average molecular weight is 443 g/mol. The zero-order valence-corrected chi connectivity index (χ0v) is 17.9. The maximum absolute atomic E-state index is 13.1. The first-order chi connectivity index (χ1) is 14.9. The van der Waals surface area contributed by atoms with Crippen molar-refractivity contribution in [2.75, 3.05) is 31.4 Å². The predicted molar refractivity (Wildman–Crippen MR) is 116 cm³/mol. The molecule has 0 aliphatic carbocycles. The number of methoxy groups -OCH3 is 3. The van der Waals surface area contributed by atoms with Gasteiger partial charge in [-0.05, 0) is 24.3 Å². The van der Waals surface area contributed by atoms with Crippen LogP contribution in [0, 0.1) is 0 Å². The van der Waals surface area contributed by atoms with Gasteiger partial charge in [0.25, 0.3) is 15.9 Å². The second-order valence-electron chi connectivity index (χ2n) is 6.21. The highest BCUT2D eigenvalue weighted by molar-refractivity contribution is 7.92. The number of nitrogens with zero attached hydrogens (tertiary/aromatic N) is 1. The van der Waals surface area contributed by atoms with Gasteiger partial charge in [0.1, 0.15) is 4.90 Å². The number of hydrogen-bond acceptors (Lipinski definition) is 7. The number of benzene rings is 2. The minimum Gasteiger partial charge on any atom is -0.493 e. The molecule has 0 aliphatic rings. The van der Waals surface area contributed by atoms with Crippen LogP contribution < -0.4 is 24.2 Å². The molecule has 1 amide bonds. The molecule has 9 nitrogen and oxygen atoms in total. The van der Waals surface area contributed by atoms with Crippen LogP contribution in [0.5, 0.6) is 17.2 Å². The Morgan fingerprint density at radius 1 is 0.903 bits per heavy atom.